The Labute approximate surface area is 135 Å². The van der Waals surface area contributed by atoms with E-state index in [4.69, 9.17) is 0 Å². The SMILES string of the molecule is CC[C@H](C(=O)N1CCN(Cc2cccs2)CC1)n1cccn1. The Morgan fingerprint density at radius 2 is 2.14 bits per heavy atom. The summed E-state index contributed by atoms with van der Waals surface area (Å²) in [5.74, 6) is 0.196. The molecule has 0 N–H and O–H groups in total. The van der Waals surface area contributed by atoms with Gasteiger partial charge in [0.15, 0.2) is 0 Å². The van der Waals surface area contributed by atoms with E-state index in [0.717, 1.165) is 39.1 Å². The van der Waals surface area contributed by atoms with E-state index in [1.54, 1.807) is 22.2 Å². The molecule has 3 rings (SSSR count). The van der Waals surface area contributed by atoms with Crippen LogP contribution in [0.1, 0.15) is 24.3 Å². The summed E-state index contributed by atoms with van der Waals surface area (Å²) in [4.78, 5) is 18.5. The maximum Gasteiger partial charge on any atom is 0.247 e. The molecule has 1 fully saturated rings. The summed E-state index contributed by atoms with van der Waals surface area (Å²) in [5.41, 5.74) is 0. The molecule has 0 aliphatic carbocycles. The number of carbonyl (C=O) groups is 1. The van der Waals surface area contributed by atoms with Crippen molar-refractivity contribution in [3.05, 3.63) is 40.8 Å². The second-order valence-electron chi connectivity index (χ2n) is 5.59. The fraction of sp³-hybridized carbons (Fsp3) is 0.500. The predicted octanol–water partition coefficient (Wildman–Crippen LogP) is 2.24. The largest absolute Gasteiger partial charge is 0.338 e. The van der Waals surface area contributed by atoms with E-state index < -0.39 is 0 Å². The van der Waals surface area contributed by atoms with Gasteiger partial charge in [-0.1, -0.05) is 13.0 Å². The maximum absolute atomic E-state index is 12.7. The molecule has 0 bridgehead atoms. The fourth-order valence-corrected chi connectivity index (χ4v) is 3.65. The van der Waals surface area contributed by atoms with Crippen molar-refractivity contribution in [3.63, 3.8) is 0 Å². The Morgan fingerprint density at radius 1 is 1.32 bits per heavy atom. The van der Waals surface area contributed by atoms with Gasteiger partial charge < -0.3 is 4.90 Å². The quantitative estimate of drug-likeness (QED) is 0.849. The first-order chi connectivity index (χ1) is 10.8. The Bertz CT molecular complexity index is 573. The number of rotatable bonds is 5. The highest BCUT2D eigenvalue weighted by atomic mass is 32.1. The lowest BCUT2D eigenvalue weighted by molar-refractivity contribution is -0.137. The zero-order chi connectivity index (χ0) is 15.4. The van der Waals surface area contributed by atoms with Gasteiger partial charge in [0.05, 0.1) is 0 Å². The third-order valence-corrected chi connectivity index (χ3v) is 5.02. The summed E-state index contributed by atoms with van der Waals surface area (Å²) in [6.45, 7) is 6.54. The number of amides is 1. The molecular formula is C16H22N4OS. The molecule has 0 spiro atoms. The number of carbonyl (C=O) groups excluding carboxylic acids is 1. The molecule has 0 unspecified atom stereocenters. The number of hydrogen-bond acceptors (Lipinski definition) is 4. The summed E-state index contributed by atoms with van der Waals surface area (Å²) in [6.07, 6.45) is 4.38. The molecule has 1 aliphatic rings. The van der Waals surface area contributed by atoms with E-state index >= 15 is 0 Å². The number of piperazine rings is 1. The molecule has 1 aliphatic heterocycles. The topological polar surface area (TPSA) is 41.4 Å². The Hall–Kier alpha value is -1.66. The highest BCUT2D eigenvalue weighted by Gasteiger charge is 2.27. The minimum Gasteiger partial charge on any atom is -0.338 e. The predicted molar refractivity (Wildman–Crippen MR) is 87.7 cm³/mol. The van der Waals surface area contributed by atoms with Gasteiger partial charge in [0.1, 0.15) is 6.04 Å². The third-order valence-electron chi connectivity index (χ3n) is 4.16. The third kappa shape index (κ3) is 3.39. The van der Waals surface area contributed by atoms with Crippen LogP contribution in [0.15, 0.2) is 36.0 Å². The molecule has 118 valence electrons. The van der Waals surface area contributed by atoms with Crippen LogP contribution >= 0.6 is 11.3 Å². The summed E-state index contributed by atoms with van der Waals surface area (Å²) in [5, 5.41) is 6.34. The molecule has 22 heavy (non-hydrogen) atoms. The van der Waals surface area contributed by atoms with Crippen LogP contribution < -0.4 is 0 Å². The Morgan fingerprint density at radius 3 is 2.73 bits per heavy atom. The first kappa shape index (κ1) is 15.2. The van der Waals surface area contributed by atoms with Crippen LogP contribution in [0.4, 0.5) is 0 Å². The van der Waals surface area contributed by atoms with Gasteiger partial charge in [0, 0.05) is 50.0 Å². The maximum atomic E-state index is 12.7. The minimum atomic E-state index is -0.168. The number of aromatic nitrogens is 2. The first-order valence-electron chi connectivity index (χ1n) is 7.80. The van der Waals surface area contributed by atoms with Gasteiger partial charge in [0.25, 0.3) is 0 Å². The standard InChI is InChI=1S/C16H22N4OS/c1-2-15(20-7-4-6-17-20)16(21)19-10-8-18(9-11-19)13-14-5-3-12-22-14/h3-7,12,15H,2,8-11,13H2,1H3/t15-/m1/s1. The number of hydrogen-bond donors (Lipinski definition) is 0. The van der Waals surface area contributed by atoms with E-state index in [1.807, 2.05) is 24.1 Å². The van der Waals surface area contributed by atoms with Crippen LogP contribution in [0, 0.1) is 0 Å². The van der Waals surface area contributed by atoms with Crippen molar-refractivity contribution in [1.82, 2.24) is 19.6 Å². The number of thiophene rings is 1. The van der Waals surface area contributed by atoms with Crippen molar-refractivity contribution in [2.24, 2.45) is 0 Å². The second-order valence-corrected chi connectivity index (χ2v) is 6.62. The number of nitrogens with zero attached hydrogens (tertiary/aromatic N) is 4. The van der Waals surface area contributed by atoms with Crippen LogP contribution in [0.5, 0.6) is 0 Å². The van der Waals surface area contributed by atoms with Crippen LogP contribution in [0.25, 0.3) is 0 Å². The lowest BCUT2D eigenvalue weighted by Crippen LogP contribution is -2.50. The van der Waals surface area contributed by atoms with Crippen molar-refractivity contribution < 1.29 is 4.79 Å². The smallest absolute Gasteiger partial charge is 0.247 e. The lowest BCUT2D eigenvalue weighted by Gasteiger charge is -2.36. The van der Waals surface area contributed by atoms with Crippen molar-refractivity contribution in [1.29, 1.82) is 0 Å². The van der Waals surface area contributed by atoms with Gasteiger partial charge in [-0.05, 0) is 23.9 Å². The first-order valence-corrected chi connectivity index (χ1v) is 8.68. The normalized spacial score (nSPS) is 17.6. The molecule has 1 saturated heterocycles. The van der Waals surface area contributed by atoms with Gasteiger partial charge in [0.2, 0.25) is 5.91 Å². The fourth-order valence-electron chi connectivity index (χ4n) is 2.90. The van der Waals surface area contributed by atoms with Crippen molar-refractivity contribution in [2.45, 2.75) is 25.9 Å². The zero-order valence-electron chi connectivity index (χ0n) is 12.9. The van der Waals surface area contributed by atoms with E-state index in [2.05, 4.69) is 27.5 Å². The Kier molecular flexibility index (Phi) is 4.90. The monoisotopic (exact) mass is 318 g/mol. The van der Waals surface area contributed by atoms with Crippen LogP contribution in [-0.4, -0.2) is 51.7 Å². The molecule has 5 nitrogen and oxygen atoms in total. The molecule has 1 amide bonds. The summed E-state index contributed by atoms with van der Waals surface area (Å²) >= 11 is 1.80. The highest BCUT2D eigenvalue weighted by molar-refractivity contribution is 7.09. The molecule has 3 heterocycles. The molecular weight excluding hydrogens is 296 g/mol. The van der Waals surface area contributed by atoms with Gasteiger partial charge in [-0.15, -0.1) is 11.3 Å². The molecule has 0 aromatic carbocycles. The minimum absolute atomic E-state index is 0.168. The molecule has 6 heteroatoms. The van der Waals surface area contributed by atoms with E-state index in [1.165, 1.54) is 4.88 Å². The van der Waals surface area contributed by atoms with E-state index in [0.29, 0.717) is 0 Å². The highest BCUT2D eigenvalue weighted by Crippen LogP contribution is 2.17. The van der Waals surface area contributed by atoms with Gasteiger partial charge in [-0.3, -0.25) is 14.4 Å². The summed E-state index contributed by atoms with van der Waals surface area (Å²) in [7, 11) is 0. The Balaban J connectivity index is 1.55. The van der Waals surface area contributed by atoms with Crippen LogP contribution in [0.3, 0.4) is 0 Å². The van der Waals surface area contributed by atoms with Crippen molar-refractivity contribution in [3.8, 4) is 0 Å². The molecule has 1 atom stereocenters. The van der Waals surface area contributed by atoms with Crippen LogP contribution in [0.2, 0.25) is 0 Å². The molecule has 0 saturated carbocycles. The molecule has 2 aromatic heterocycles. The average Bonchev–Trinajstić information content (AvgIpc) is 3.22. The summed E-state index contributed by atoms with van der Waals surface area (Å²) < 4.78 is 1.78. The zero-order valence-corrected chi connectivity index (χ0v) is 13.7. The van der Waals surface area contributed by atoms with Crippen molar-refractivity contribution in [2.75, 3.05) is 26.2 Å². The van der Waals surface area contributed by atoms with Gasteiger partial charge in [-0.25, -0.2) is 0 Å². The lowest BCUT2D eigenvalue weighted by atomic mass is 10.1. The molecule has 0 radical (unpaired) electrons. The van der Waals surface area contributed by atoms with Crippen LogP contribution in [-0.2, 0) is 11.3 Å². The second kappa shape index (κ2) is 7.07. The molecule has 2 aromatic rings. The van der Waals surface area contributed by atoms with Crippen molar-refractivity contribution >= 4 is 17.2 Å². The van der Waals surface area contributed by atoms with E-state index in [-0.39, 0.29) is 11.9 Å². The van der Waals surface area contributed by atoms with Gasteiger partial charge in [-0.2, -0.15) is 5.10 Å². The average molecular weight is 318 g/mol. The van der Waals surface area contributed by atoms with Gasteiger partial charge >= 0.3 is 0 Å². The van der Waals surface area contributed by atoms with E-state index in [9.17, 15) is 4.79 Å². The summed E-state index contributed by atoms with van der Waals surface area (Å²) in [6, 6.07) is 5.97.